The number of benzene rings is 1. The molecule has 2 N–H and O–H groups in total. The van der Waals surface area contributed by atoms with Crippen LogP contribution in [-0.2, 0) is 0 Å². The topological polar surface area (TPSA) is 75.1 Å². The third kappa shape index (κ3) is 3.15. The third-order valence-electron chi connectivity index (χ3n) is 2.18. The summed E-state index contributed by atoms with van der Waals surface area (Å²) in [4.78, 5) is 19.5. The van der Waals surface area contributed by atoms with Crippen LogP contribution in [0.2, 0.25) is 10.2 Å². The summed E-state index contributed by atoms with van der Waals surface area (Å²) in [5, 5.41) is 12.1. The van der Waals surface area contributed by atoms with Gasteiger partial charge >= 0.3 is 0 Å². The Bertz CT molecular complexity index is 652. The van der Waals surface area contributed by atoms with Crippen LogP contribution < -0.4 is 5.32 Å². The molecule has 0 atom stereocenters. The number of anilines is 1. The van der Waals surface area contributed by atoms with Crippen molar-refractivity contribution in [2.75, 3.05) is 5.32 Å². The quantitative estimate of drug-likeness (QED) is 0.801. The van der Waals surface area contributed by atoms with E-state index < -0.39 is 5.91 Å². The van der Waals surface area contributed by atoms with Crippen LogP contribution in [0.15, 0.2) is 29.0 Å². The molecule has 0 spiro atoms. The van der Waals surface area contributed by atoms with Crippen LogP contribution in [0.4, 0.5) is 5.82 Å². The predicted molar refractivity (Wildman–Crippen MR) is 75.8 cm³/mol. The molecule has 1 amide bonds. The molecule has 0 fully saturated rings. The summed E-state index contributed by atoms with van der Waals surface area (Å²) in [5.41, 5.74) is 0.0835. The number of halogens is 3. The van der Waals surface area contributed by atoms with Gasteiger partial charge in [-0.2, -0.15) is 0 Å². The Morgan fingerprint density at radius 2 is 2.05 bits per heavy atom. The molecular formula is C11H6BrCl2N3O2. The summed E-state index contributed by atoms with van der Waals surface area (Å²) < 4.78 is 0.655. The molecule has 1 aromatic carbocycles. The van der Waals surface area contributed by atoms with E-state index in [1.165, 1.54) is 18.5 Å². The first-order chi connectivity index (χ1) is 8.99. The highest BCUT2D eigenvalue weighted by Gasteiger charge is 2.15. The van der Waals surface area contributed by atoms with Gasteiger partial charge in [0.15, 0.2) is 11.0 Å². The van der Waals surface area contributed by atoms with Crippen LogP contribution in [0.3, 0.4) is 0 Å². The lowest BCUT2D eigenvalue weighted by molar-refractivity contribution is 0.102. The number of carbonyl (C=O) groups excluding carboxylic acids is 1. The van der Waals surface area contributed by atoms with E-state index in [1.807, 2.05) is 0 Å². The lowest BCUT2D eigenvalue weighted by atomic mass is 10.2. The fourth-order valence-electron chi connectivity index (χ4n) is 1.30. The first kappa shape index (κ1) is 14.0. The van der Waals surface area contributed by atoms with Crippen molar-refractivity contribution < 1.29 is 9.90 Å². The summed E-state index contributed by atoms with van der Waals surface area (Å²) >= 11 is 14.8. The highest BCUT2D eigenvalue weighted by molar-refractivity contribution is 9.10. The Balaban J connectivity index is 2.31. The zero-order chi connectivity index (χ0) is 14.0. The smallest absolute Gasteiger partial charge is 0.260 e. The number of carbonyl (C=O) groups is 1. The van der Waals surface area contributed by atoms with E-state index in [1.54, 1.807) is 6.07 Å². The third-order valence-corrected chi connectivity index (χ3v) is 3.42. The molecule has 0 saturated carbocycles. The van der Waals surface area contributed by atoms with E-state index in [0.29, 0.717) is 4.47 Å². The van der Waals surface area contributed by atoms with Crippen molar-refractivity contribution in [3.8, 4) is 5.75 Å². The number of phenols is 1. The number of phenolic OH excluding ortho intramolecular Hbond substituents is 1. The van der Waals surface area contributed by atoms with Crippen LogP contribution in [0.1, 0.15) is 10.4 Å². The lowest BCUT2D eigenvalue weighted by Crippen LogP contribution is -2.13. The van der Waals surface area contributed by atoms with Crippen molar-refractivity contribution in [2.45, 2.75) is 0 Å². The van der Waals surface area contributed by atoms with E-state index in [2.05, 4.69) is 31.2 Å². The Hall–Kier alpha value is -1.37. The van der Waals surface area contributed by atoms with Crippen molar-refractivity contribution in [3.63, 3.8) is 0 Å². The summed E-state index contributed by atoms with van der Waals surface area (Å²) in [6, 6.07) is 4.48. The second-order valence-electron chi connectivity index (χ2n) is 3.44. The average Bonchev–Trinajstić information content (AvgIpc) is 2.38. The molecule has 0 radical (unpaired) electrons. The van der Waals surface area contributed by atoms with Crippen molar-refractivity contribution in [1.82, 2.24) is 9.97 Å². The van der Waals surface area contributed by atoms with Gasteiger partial charge in [-0.3, -0.25) is 4.79 Å². The zero-order valence-electron chi connectivity index (χ0n) is 9.19. The SMILES string of the molecule is O=C(Nc1ncnc(Cl)c1Cl)c1cc(Br)ccc1O. The molecule has 0 saturated heterocycles. The van der Waals surface area contributed by atoms with E-state index in [9.17, 15) is 9.90 Å². The van der Waals surface area contributed by atoms with Gasteiger partial charge in [0.05, 0.1) is 5.56 Å². The minimum absolute atomic E-state index is 0.0328. The standard InChI is InChI=1S/C11H6BrCl2N3O2/c12-5-1-2-7(18)6(3-5)11(19)17-10-8(13)9(14)15-4-16-10/h1-4,18H,(H,15,16,17,19). The fourth-order valence-corrected chi connectivity index (χ4v) is 1.94. The van der Waals surface area contributed by atoms with E-state index >= 15 is 0 Å². The molecule has 19 heavy (non-hydrogen) atoms. The van der Waals surface area contributed by atoms with Gasteiger partial charge in [-0.1, -0.05) is 39.1 Å². The molecule has 0 aliphatic carbocycles. The number of nitrogens with zero attached hydrogens (tertiary/aromatic N) is 2. The second kappa shape index (κ2) is 5.73. The Kier molecular flexibility index (Phi) is 4.24. The molecule has 2 rings (SSSR count). The lowest BCUT2D eigenvalue weighted by Gasteiger charge is -2.08. The molecule has 0 aliphatic heterocycles. The van der Waals surface area contributed by atoms with Crippen molar-refractivity contribution in [2.24, 2.45) is 0 Å². The van der Waals surface area contributed by atoms with Crippen LogP contribution in [0.25, 0.3) is 0 Å². The monoisotopic (exact) mass is 361 g/mol. The number of hydrogen-bond acceptors (Lipinski definition) is 4. The average molecular weight is 363 g/mol. The number of amides is 1. The first-order valence-electron chi connectivity index (χ1n) is 4.95. The van der Waals surface area contributed by atoms with Crippen LogP contribution >= 0.6 is 39.1 Å². The summed E-state index contributed by atoms with van der Waals surface area (Å²) in [5.74, 6) is -0.640. The van der Waals surface area contributed by atoms with E-state index in [4.69, 9.17) is 23.2 Å². The summed E-state index contributed by atoms with van der Waals surface area (Å²) in [7, 11) is 0. The number of nitrogens with one attached hydrogen (secondary N) is 1. The fraction of sp³-hybridized carbons (Fsp3) is 0. The van der Waals surface area contributed by atoms with Gasteiger partial charge in [-0.05, 0) is 18.2 Å². The molecule has 0 aliphatic rings. The Morgan fingerprint density at radius 1 is 1.32 bits per heavy atom. The molecular weight excluding hydrogens is 357 g/mol. The molecule has 98 valence electrons. The largest absolute Gasteiger partial charge is 0.507 e. The van der Waals surface area contributed by atoms with Gasteiger partial charge in [0.2, 0.25) is 0 Å². The minimum Gasteiger partial charge on any atom is -0.507 e. The van der Waals surface area contributed by atoms with E-state index in [0.717, 1.165) is 0 Å². The van der Waals surface area contributed by atoms with Crippen LogP contribution in [0, 0.1) is 0 Å². The number of aromatic hydroxyl groups is 1. The first-order valence-corrected chi connectivity index (χ1v) is 6.50. The number of rotatable bonds is 2. The second-order valence-corrected chi connectivity index (χ2v) is 5.09. The molecule has 1 aromatic heterocycles. The predicted octanol–water partition coefficient (Wildman–Crippen LogP) is 3.50. The van der Waals surface area contributed by atoms with E-state index in [-0.39, 0.29) is 27.3 Å². The minimum atomic E-state index is -0.560. The number of aromatic nitrogens is 2. The molecule has 2 aromatic rings. The molecule has 0 bridgehead atoms. The highest BCUT2D eigenvalue weighted by atomic mass is 79.9. The van der Waals surface area contributed by atoms with Gasteiger partial charge in [0.25, 0.3) is 5.91 Å². The maximum Gasteiger partial charge on any atom is 0.260 e. The van der Waals surface area contributed by atoms with Crippen molar-refractivity contribution in [3.05, 3.63) is 44.7 Å². The van der Waals surface area contributed by atoms with Gasteiger partial charge in [0, 0.05) is 4.47 Å². The molecule has 5 nitrogen and oxygen atoms in total. The Morgan fingerprint density at radius 3 is 2.79 bits per heavy atom. The van der Waals surface area contributed by atoms with Gasteiger partial charge in [-0.15, -0.1) is 0 Å². The van der Waals surface area contributed by atoms with Gasteiger partial charge in [0.1, 0.15) is 17.1 Å². The normalized spacial score (nSPS) is 10.3. The maximum absolute atomic E-state index is 12.0. The highest BCUT2D eigenvalue weighted by Crippen LogP contribution is 2.27. The molecule has 8 heteroatoms. The number of hydrogen-bond donors (Lipinski definition) is 2. The van der Waals surface area contributed by atoms with Gasteiger partial charge in [-0.25, -0.2) is 9.97 Å². The summed E-state index contributed by atoms with van der Waals surface area (Å²) in [6.07, 6.45) is 1.17. The zero-order valence-corrected chi connectivity index (χ0v) is 12.3. The molecule has 1 heterocycles. The van der Waals surface area contributed by atoms with Crippen molar-refractivity contribution >= 4 is 50.9 Å². The molecule has 0 unspecified atom stereocenters. The van der Waals surface area contributed by atoms with Crippen molar-refractivity contribution in [1.29, 1.82) is 0 Å². The Labute approximate surface area is 126 Å². The maximum atomic E-state index is 12.0. The van der Waals surface area contributed by atoms with Crippen LogP contribution in [-0.4, -0.2) is 21.0 Å². The van der Waals surface area contributed by atoms with Crippen LogP contribution in [0.5, 0.6) is 5.75 Å². The summed E-state index contributed by atoms with van der Waals surface area (Å²) in [6.45, 7) is 0. The van der Waals surface area contributed by atoms with Gasteiger partial charge < -0.3 is 10.4 Å².